The Kier molecular flexibility index (Phi) is 32.9. The van der Waals surface area contributed by atoms with Crippen molar-refractivity contribution >= 4 is 82.5 Å². The van der Waals surface area contributed by atoms with Crippen molar-refractivity contribution < 1.29 is 97.4 Å². The molecule has 0 fully saturated rings. The van der Waals surface area contributed by atoms with Gasteiger partial charge in [-0.25, -0.2) is 0 Å². The summed E-state index contributed by atoms with van der Waals surface area (Å²) in [4.78, 5) is 175. The van der Waals surface area contributed by atoms with Crippen LogP contribution in [0, 0.1) is 23.7 Å². The maximum atomic E-state index is 13.9. The minimum absolute atomic E-state index is 0.0151. The zero-order chi connectivity index (χ0) is 54.9. The third-order valence-corrected chi connectivity index (χ3v) is 11.4. The molecule has 0 unspecified atom stereocenters. The Morgan fingerprint density at radius 2 is 0.889 bits per heavy atom. The lowest BCUT2D eigenvalue weighted by Gasteiger charge is -2.25. The lowest BCUT2D eigenvalue weighted by molar-refractivity contribution is -0.141. The molecule has 0 spiro atoms. The van der Waals surface area contributed by atoms with E-state index in [-0.39, 0.29) is 56.6 Å². The molecule has 0 aliphatic heterocycles. The van der Waals surface area contributed by atoms with E-state index in [1.807, 2.05) is 6.92 Å². The van der Waals surface area contributed by atoms with E-state index in [9.17, 15) is 92.7 Å². The van der Waals surface area contributed by atoms with E-state index in [1.165, 1.54) is 0 Å². The SMILES string of the molecule is CC[C@@H](C)C(=O)NCC(=O)CCCOCC(=O)C[C@H](CCC(=O)O)C(=O)N[C@H](CCC(=O)O)C(=O)C[C@H](CCC(=O)O)C(=O)N[C@H](CCC(=O)O)C(=O)C[C@H](CCC(=O)O)C(=O)N[C@H](CCCCN)C(N)=O. The lowest BCUT2D eigenvalue weighted by atomic mass is 9.89. The Labute approximate surface area is 415 Å². The first-order valence-corrected chi connectivity index (χ1v) is 23.7. The molecule has 72 heavy (non-hydrogen) atoms. The van der Waals surface area contributed by atoms with E-state index in [0.29, 0.717) is 19.3 Å². The molecule has 5 amide bonds. The number of amides is 5. The van der Waals surface area contributed by atoms with Gasteiger partial charge in [-0.2, -0.15) is 0 Å². The highest BCUT2D eigenvalue weighted by Crippen LogP contribution is 2.21. The molecule has 0 heterocycles. The van der Waals surface area contributed by atoms with E-state index in [0.717, 1.165) is 0 Å². The van der Waals surface area contributed by atoms with Gasteiger partial charge in [0.2, 0.25) is 29.5 Å². The molecular weight excluding hydrogens is 957 g/mol. The molecule has 0 saturated carbocycles. The second-order valence-electron chi connectivity index (χ2n) is 17.4. The number of carboxylic acids is 5. The predicted molar refractivity (Wildman–Crippen MR) is 249 cm³/mol. The van der Waals surface area contributed by atoms with Gasteiger partial charge in [-0.3, -0.25) is 67.1 Å². The van der Waals surface area contributed by atoms with Gasteiger partial charge in [0.1, 0.15) is 12.6 Å². The van der Waals surface area contributed by atoms with Crippen LogP contribution in [-0.4, -0.2) is 152 Å². The number of ether oxygens (including phenoxy) is 1. The highest BCUT2D eigenvalue weighted by atomic mass is 16.5. The summed E-state index contributed by atoms with van der Waals surface area (Å²) >= 11 is 0. The zero-order valence-corrected chi connectivity index (χ0v) is 40.8. The van der Waals surface area contributed by atoms with Crippen LogP contribution in [-0.2, 0) is 71.9 Å². The molecule has 0 rings (SSSR count). The fourth-order valence-electron chi connectivity index (χ4n) is 6.98. The van der Waals surface area contributed by atoms with Gasteiger partial charge in [0.15, 0.2) is 23.1 Å². The number of carboxylic acid groups (broad SMARTS) is 5. The van der Waals surface area contributed by atoms with Crippen LogP contribution < -0.4 is 32.7 Å². The number of unbranched alkanes of at least 4 members (excludes halogenated alkanes) is 1. The summed E-state index contributed by atoms with van der Waals surface area (Å²) in [5.74, 6) is -19.1. The van der Waals surface area contributed by atoms with E-state index in [1.54, 1.807) is 6.92 Å². The molecule has 0 radical (unpaired) electrons. The Bertz CT molecular complexity index is 1910. The van der Waals surface area contributed by atoms with Crippen LogP contribution in [0.4, 0.5) is 0 Å². The molecule has 0 bridgehead atoms. The molecule has 26 heteroatoms. The maximum absolute atomic E-state index is 13.9. The van der Waals surface area contributed by atoms with Gasteiger partial charge in [-0.15, -0.1) is 0 Å². The fraction of sp³-hybridized carbons (Fsp3) is 0.696. The summed E-state index contributed by atoms with van der Waals surface area (Å²) in [5.41, 5.74) is 10.9. The summed E-state index contributed by atoms with van der Waals surface area (Å²) in [5, 5.41) is 56.6. The first kappa shape index (κ1) is 65.3. The summed E-state index contributed by atoms with van der Waals surface area (Å²) in [7, 11) is 0. The van der Waals surface area contributed by atoms with Crippen LogP contribution in [0.5, 0.6) is 0 Å². The largest absolute Gasteiger partial charge is 0.481 e. The van der Waals surface area contributed by atoms with Crippen molar-refractivity contribution in [2.45, 2.75) is 154 Å². The first-order valence-electron chi connectivity index (χ1n) is 23.7. The number of ketones is 4. The van der Waals surface area contributed by atoms with Gasteiger partial charge in [-0.05, 0) is 70.8 Å². The molecule has 0 aromatic rings. The number of carbonyl (C=O) groups excluding carboxylic acids is 9. The van der Waals surface area contributed by atoms with Crippen LogP contribution >= 0.6 is 0 Å². The smallest absolute Gasteiger partial charge is 0.303 e. The number of nitrogens with one attached hydrogen (secondary N) is 4. The molecule has 0 aliphatic carbocycles. The third-order valence-electron chi connectivity index (χ3n) is 11.4. The van der Waals surface area contributed by atoms with Crippen molar-refractivity contribution in [3.05, 3.63) is 0 Å². The van der Waals surface area contributed by atoms with E-state index in [4.69, 9.17) is 16.2 Å². The third kappa shape index (κ3) is 30.1. The monoisotopic (exact) mass is 1030 g/mol. The molecule has 7 atom stereocenters. The Hall–Kier alpha value is -6.70. The highest BCUT2D eigenvalue weighted by molar-refractivity contribution is 5.97. The fourth-order valence-corrected chi connectivity index (χ4v) is 6.98. The van der Waals surface area contributed by atoms with Crippen molar-refractivity contribution in [3.63, 3.8) is 0 Å². The number of hydrogen-bond acceptors (Lipinski definition) is 16. The Morgan fingerprint density at radius 3 is 1.28 bits per heavy atom. The summed E-state index contributed by atoms with van der Waals surface area (Å²) in [6, 6.07) is -4.66. The molecule has 0 aromatic carbocycles. The topological polar surface area (TPSA) is 450 Å². The molecule has 0 aliphatic rings. The number of hydrogen-bond donors (Lipinski definition) is 11. The average Bonchev–Trinajstić information content (AvgIpc) is 3.30. The predicted octanol–water partition coefficient (Wildman–Crippen LogP) is -0.367. The minimum Gasteiger partial charge on any atom is -0.481 e. The lowest BCUT2D eigenvalue weighted by Crippen LogP contribution is -2.49. The Morgan fingerprint density at radius 1 is 0.486 bits per heavy atom. The van der Waals surface area contributed by atoms with Crippen molar-refractivity contribution in [3.8, 4) is 0 Å². The van der Waals surface area contributed by atoms with E-state index < -0.39 is 197 Å². The average molecular weight is 1030 g/mol. The van der Waals surface area contributed by atoms with Crippen LogP contribution in [0.15, 0.2) is 0 Å². The van der Waals surface area contributed by atoms with Gasteiger partial charge in [0.25, 0.3) is 0 Å². The number of rotatable bonds is 44. The van der Waals surface area contributed by atoms with Gasteiger partial charge in [-0.1, -0.05) is 13.8 Å². The quantitative estimate of drug-likeness (QED) is 0.0347. The van der Waals surface area contributed by atoms with Crippen LogP contribution in [0.3, 0.4) is 0 Å². The minimum atomic E-state index is -1.72. The highest BCUT2D eigenvalue weighted by Gasteiger charge is 2.35. The van der Waals surface area contributed by atoms with E-state index in [2.05, 4.69) is 21.3 Å². The first-order chi connectivity index (χ1) is 33.8. The van der Waals surface area contributed by atoms with Crippen LogP contribution in [0.2, 0.25) is 0 Å². The number of aliphatic carboxylic acids is 5. The van der Waals surface area contributed by atoms with Crippen molar-refractivity contribution in [2.24, 2.45) is 35.1 Å². The van der Waals surface area contributed by atoms with Crippen molar-refractivity contribution in [2.75, 3.05) is 26.3 Å². The van der Waals surface area contributed by atoms with Gasteiger partial charge in [0.05, 0.1) is 18.6 Å². The van der Waals surface area contributed by atoms with Crippen LogP contribution in [0.25, 0.3) is 0 Å². The summed E-state index contributed by atoms with van der Waals surface area (Å²) in [6.45, 7) is 2.98. The molecule has 0 aromatic heterocycles. The van der Waals surface area contributed by atoms with E-state index >= 15 is 0 Å². The zero-order valence-electron chi connectivity index (χ0n) is 40.8. The second-order valence-corrected chi connectivity index (χ2v) is 17.4. The standard InChI is InChI=1S/C46H72N6O20/c1-3-26(2)43(68)49-24-30(53)7-6-20-72-25-31(54)21-27(9-14-37(57)58)44(69)50-32(12-17-40(63)64)35(55)22-28(10-15-38(59)60)45(70)51-33(13-18-41(65)66)36(56)23-29(11-16-39(61)62)46(71)52-34(42(48)67)8-4-5-19-47/h26-29,32-34H,3-25,47H2,1-2H3,(H2,48,67)(H,49,68)(H,50,69)(H,51,70)(H,52,71)(H,57,58)(H,59,60)(H,61,62)(H,63,64)(H,65,66)/t26-,27+,28+,29+,32-,33-,34-/m1/s1. The molecule has 0 saturated heterocycles. The molecular formula is C46H72N6O20. The van der Waals surface area contributed by atoms with Gasteiger partial charge < -0.3 is 63.0 Å². The number of nitrogens with two attached hydrogens (primary N) is 2. The van der Waals surface area contributed by atoms with Gasteiger partial charge in [0, 0.05) is 88.1 Å². The second kappa shape index (κ2) is 36.3. The summed E-state index contributed by atoms with van der Waals surface area (Å²) < 4.78 is 5.33. The van der Waals surface area contributed by atoms with Gasteiger partial charge >= 0.3 is 29.8 Å². The van der Waals surface area contributed by atoms with Crippen molar-refractivity contribution in [1.29, 1.82) is 0 Å². The maximum Gasteiger partial charge on any atom is 0.303 e. The van der Waals surface area contributed by atoms with Crippen LogP contribution in [0.1, 0.15) is 136 Å². The number of Topliss-reactive ketones (excluding diaryl/α,β-unsaturated/α-hetero) is 4. The number of primary amides is 1. The molecule has 26 nitrogen and oxygen atoms in total. The normalized spacial score (nSPS) is 13.9. The molecule has 13 N–H and O–H groups in total. The molecule has 406 valence electrons. The number of carbonyl (C=O) groups is 14. The van der Waals surface area contributed by atoms with Crippen molar-refractivity contribution in [1.82, 2.24) is 21.3 Å². The Balaban J connectivity index is 6.38. The summed E-state index contributed by atoms with van der Waals surface area (Å²) in [6.07, 6.45) is -6.78.